The first-order chi connectivity index (χ1) is 47.7. The lowest BCUT2D eigenvalue weighted by atomic mass is 10.1. The minimum Gasteiger partial charge on any atom is -0.462 e. The summed E-state index contributed by atoms with van der Waals surface area (Å²) in [4.78, 5) is 72.8. The van der Waals surface area contributed by atoms with Crippen molar-refractivity contribution >= 4 is 39.5 Å². The van der Waals surface area contributed by atoms with Gasteiger partial charge in [0.25, 0.3) is 0 Å². The van der Waals surface area contributed by atoms with Crippen molar-refractivity contribution in [3.05, 3.63) is 134 Å². The molecule has 98 heavy (non-hydrogen) atoms. The molecule has 560 valence electrons. The highest BCUT2D eigenvalue weighted by Crippen LogP contribution is 2.45. The van der Waals surface area contributed by atoms with E-state index in [-0.39, 0.29) is 25.7 Å². The van der Waals surface area contributed by atoms with Crippen LogP contribution < -0.4 is 0 Å². The van der Waals surface area contributed by atoms with Gasteiger partial charge in [-0.05, 0) is 154 Å². The zero-order chi connectivity index (χ0) is 71.8. The van der Waals surface area contributed by atoms with Gasteiger partial charge in [-0.2, -0.15) is 0 Å². The van der Waals surface area contributed by atoms with Gasteiger partial charge in [-0.3, -0.25) is 37.3 Å². The lowest BCUT2D eigenvalue weighted by Crippen LogP contribution is -2.30. The van der Waals surface area contributed by atoms with E-state index in [0.29, 0.717) is 25.7 Å². The number of hydrogen-bond donors (Lipinski definition) is 3. The highest BCUT2D eigenvalue weighted by Gasteiger charge is 2.30. The van der Waals surface area contributed by atoms with Gasteiger partial charge in [0.2, 0.25) is 0 Å². The van der Waals surface area contributed by atoms with Gasteiger partial charge in [0.1, 0.15) is 19.3 Å². The van der Waals surface area contributed by atoms with E-state index in [1.165, 1.54) is 32.1 Å². The SMILES string of the molecule is CC/C=C\C/C=C\C/C=C\C/C=C\CCCCCCC(=O)OCC(COP(=O)(O)OCC(O)COP(=O)(O)OCC(COC(=O)CCCC/C=C\C/C=C\C/C=C\C/C=C\CC)OC(=O)CCCCCCC/C=C\CCCC)OC(=O)CCCCCCC/C=C\C/C=C\CCCCC. The van der Waals surface area contributed by atoms with Crippen LogP contribution in [0.25, 0.3) is 0 Å². The minimum absolute atomic E-state index is 0.0691. The summed E-state index contributed by atoms with van der Waals surface area (Å²) in [5.74, 6) is -2.28. The van der Waals surface area contributed by atoms with Gasteiger partial charge in [-0.25, -0.2) is 9.13 Å². The first-order valence-electron chi connectivity index (χ1n) is 37.4. The molecule has 0 fully saturated rings. The van der Waals surface area contributed by atoms with Crippen LogP contribution in [0.5, 0.6) is 0 Å². The molecule has 0 saturated carbocycles. The molecule has 0 aromatic rings. The Balaban J connectivity index is 5.41. The smallest absolute Gasteiger partial charge is 0.462 e. The summed E-state index contributed by atoms with van der Waals surface area (Å²) in [7, 11) is -9.98. The number of unbranched alkanes of at least 4 members (excludes halogenated alkanes) is 21. The average Bonchev–Trinajstić information content (AvgIpc) is 0.986. The van der Waals surface area contributed by atoms with Gasteiger partial charge >= 0.3 is 39.5 Å². The third kappa shape index (κ3) is 69.7. The summed E-state index contributed by atoms with van der Waals surface area (Å²) in [5.41, 5.74) is 0. The predicted molar refractivity (Wildman–Crippen MR) is 399 cm³/mol. The Morgan fingerprint density at radius 1 is 0.296 bits per heavy atom. The number of hydrogen-bond acceptors (Lipinski definition) is 15. The second-order valence-corrected chi connectivity index (χ2v) is 27.4. The Kier molecular flexibility index (Phi) is 67.2. The lowest BCUT2D eigenvalue weighted by Gasteiger charge is -2.21. The summed E-state index contributed by atoms with van der Waals surface area (Å²) in [6.07, 6.45) is 77.4. The number of rotatable bonds is 69. The largest absolute Gasteiger partial charge is 0.472 e. The van der Waals surface area contributed by atoms with Crippen LogP contribution in [0.2, 0.25) is 0 Å². The van der Waals surface area contributed by atoms with Crippen LogP contribution in [0.15, 0.2) is 134 Å². The molecule has 0 aromatic heterocycles. The molecule has 0 aliphatic rings. The van der Waals surface area contributed by atoms with Gasteiger partial charge in [0, 0.05) is 25.7 Å². The Morgan fingerprint density at radius 2 is 0.541 bits per heavy atom. The van der Waals surface area contributed by atoms with Crippen molar-refractivity contribution in [1.29, 1.82) is 0 Å². The van der Waals surface area contributed by atoms with Crippen molar-refractivity contribution in [3.63, 3.8) is 0 Å². The molecule has 0 heterocycles. The summed E-state index contributed by atoms with van der Waals surface area (Å²) >= 11 is 0. The number of phosphoric ester groups is 2. The zero-order valence-corrected chi connectivity index (χ0v) is 62.7. The molecule has 5 unspecified atom stereocenters. The van der Waals surface area contributed by atoms with Gasteiger partial charge in [-0.15, -0.1) is 0 Å². The average molecular weight is 1420 g/mol. The summed E-state index contributed by atoms with van der Waals surface area (Å²) in [6, 6.07) is 0. The van der Waals surface area contributed by atoms with Crippen molar-refractivity contribution in [3.8, 4) is 0 Å². The molecule has 17 nitrogen and oxygen atoms in total. The fourth-order valence-corrected chi connectivity index (χ4v) is 11.0. The maximum Gasteiger partial charge on any atom is 0.472 e. The summed E-state index contributed by atoms with van der Waals surface area (Å²) in [5, 5.41) is 10.6. The number of carbonyl (C=O) groups is 4. The number of allylic oxidation sites excluding steroid dienone is 22. The van der Waals surface area contributed by atoms with Crippen molar-refractivity contribution in [2.24, 2.45) is 0 Å². The highest BCUT2D eigenvalue weighted by molar-refractivity contribution is 7.47. The van der Waals surface area contributed by atoms with Crippen LogP contribution in [0, 0.1) is 0 Å². The molecule has 0 saturated heterocycles. The van der Waals surface area contributed by atoms with E-state index >= 15 is 0 Å². The Bertz CT molecular complexity index is 2380. The zero-order valence-electron chi connectivity index (χ0n) is 60.9. The van der Waals surface area contributed by atoms with Crippen LogP contribution in [0.3, 0.4) is 0 Å². The van der Waals surface area contributed by atoms with Crippen molar-refractivity contribution < 1.29 is 80.2 Å². The molecule has 0 aliphatic heterocycles. The van der Waals surface area contributed by atoms with Gasteiger partial charge in [0.15, 0.2) is 12.2 Å². The monoisotopic (exact) mass is 1410 g/mol. The molecule has 0 amide bonds. The van der Waals surface area contributed by atoms with Crippen LogP contribution in [0.1, 0.15) is 285 Å². The van der Waals surface area contributed by atoms with E-state index in [0.717, 1.165) is 173 Å². The molecule has 0 radical (unpaired) electrons. The third-order valence-electron chi connectivity index (χ3n) is 15.1. The molecule has 0 aromatic carbocycles. The maximum absolute atomic E-state index is 13.1. The molecule has 0 bridgehead atoms. The van der Waals surface area contributed by atoms with E-state index in [4.69, 9.17) is 37.0 Å². The number of aliphatic hydroxyl groups excluding tert-OH is 1. The third-order valence-corrected chi connectivity index (χ3v) is 17.0. The summed E-state index contributed by atoms with van der Waals surface area (Å²) < 4.78 is 68.3. The summed E-state index contributed by atoms with van der Waals surface area (Å²) in [6.45, 7) is 4.46. The van der Waals surface area contributed by atoms with Crippen LogP contribution in [0.4, 0.5) is 0 Å². The quantitative estimate of drug-likeness (QED) is 0.0169. The standard InChI is InChI=1S/C79H132O17P2/c1-5-9-13-17-21-25-29-32-35-36-39-41-45-48-52-56-60-64-77(82)90-70-75(96-79(84)66-62-58-54-50-46-42-38-34-31-27-23-19-15-11-7-3)72-94-98(87,88)92-68-73(80)67-91-97(85,86)93-71-74(95-78(83)65-61-57-53-49-43-28-24-20-16-12-8-4)69-89-76(81)63-59-55-51-47-44-40-37-33-30-26-22-18-14-10-6-2/h9-10,13-14,20-27,32-35,37-39,41,44,47,73-75,80H,5-8,11-12,15-19,28-31,36,40,42-43,45-46,48-72H2,1-4H3,(H,85,86)(H,87,88)/b13-9-,14-10-,24-20-,25-21-,26-22-,27-23-,35-32-,37-33-,38-34-,41-39-,47-44-. The van der Waals surface area contributed by atoms with Crippen molar-refractivity contribution in [2.45, 2.75) is 303 Å². The molecule has 0 aliphatic carbocycles. The number of esters is 4. The van der Waals surface area contributed by atoms with Crippen molar-refractivity contribution in [1.82, 2.24) is 0 Å². The van der Waals surface area contributed by atoms with Gasteiger partial charge in [-0.1, -0.05) is 238 Å². The van der Waals surface area contributed by atoms with Crippen LogP contribution in [-0.4, -0.2) is 96.7 Å². The van der Waals surface area contributed by atoms with Crippen LogP contribution in [-0.2, 0) is 65.4 Å². The van der Waals surface area contributed by atoms with E-state index < -0.39 is 97.5 Å². The molecule has 19 heteroatoms. The number of phosphoric acid groups is 2. The molecule has 0 spiro atoms. The first kappa shape index (κ1) is 93.2. The predicted octanol–water partition coefficient (Wildman–Crippen LogP) is 21.3. The molecule has 0 rings (SSSR count). The molecular weight excluding hydrogens is 1280 g/mol. The molecule has 5 atom stereocenters. The van der Waals surface area contributed by atoms with E-state index in [1.807, 2.05) is 0 Å². The minimum atomic E-state index is -4.99. The van der Waals surface area contributed by atoms with E-state index in [2.05, 4.69) is 161 Å². The topological polar surface area (TPSA) is 237 Å². The van der Waals surface area contributed by atoms with Crippen LogP contribution >= 0.6 is 15.6 Å². The fourth-order valence-electron chi connectivity index (χ4n) is 9.39. The van der Waals surface area contributed by atoms with Crippen molar-refractivity contribution in [2.75, 3.05) is 39.6 Å². The molecular formula is C79H132O17P2. The Morgan fingerprint density at radius 3 is 0.878 bits per heavy atom. The fraction of sp³-hybridized carbons (Fsp3) is 0.671. The Labute approximate surface area is 593 Å². The number of aliphatic hydroxyl groups is 1. The van der Waals surface area contributed by atoms with E-state index in [9.17, 15) is 43.2 Å². The molecule has 3 N–H and O–H groups in total. The lowest BCUT2D eigenvalue weighted by molar-refractivity contribution is -0.161. The van der Waals surface area contributed by atoms with E-state index in [1.54, 1.807) is 0 Å². The van der Waals surface area contributed by atoms with Gasteiger partial charge in [0.05, 0.1) is 26.4 Å². The Hall–Kier alpha value is -4.80. The number of ether oxygens (including phenoxy) is 4. The normalized spacial score (nSPS) is 14.7. The highest BCUT2D eigenvalue weighted by atomic mass is 31.2. The second kappa shape index (κ2) is 70.6. The van der Waals surface area contributed by atoms with Gasteiger partial charge < -0.3 is 33.8 Å². The number of carbonyl (C=O) groups excluding carboxylic acids is 4. The maximum atomic E-state index is 13.1. The second-order valence-electron chi connectivity index (χ2n) is 24.5. The first-order valence-corrected chi connectivity index (χ1v) is 40.4.